The Balaban J connectivity index is 0.774. The minimum absolute atomic E-state index is 0.00881. The van der Waals surface area contributed by atoms with Crippen LogP contribution in [-0.2, 0) is 27.4 Å². The van der Waals surface area contributed by atoms with E-state index in [4.69, 9.17) is 4.74 Å². The van der Waals surface area contributed by atoms with Gasteiger partial charge in [-0.25, -0.2) is 14.3 Å². The number of H-pyrrole nitrogens is 1. The van der Waals surface area contributed by atoms with Crippen molar-refractivity contribution in [1.82, 2.24) is 40.0 Å². The second kappa shape index (κ2) is 21.1. The number of nitrogens with one attached hydrogen (secondary N) is 2. The fourth-order valence-corrected chi connectivity index (χ4v) is 10.6. The van der Waals surface area contributed by atoms with Gasteiger partial charge in [0.05, 0.1) is 23.2 Å². The van der Waals surface area contributed by atoms with Gasteiger partial charge in [-0.05, 0) is 93.8 Å². The molecule has 3 aliphatic heterocycles. The van der Waals surface area contributed by atoms with Crippen LogP contribution >= 0.6 is 0 Å². The van der Waals surface area contributed by atoms with E-state index in [9.17, 15) is 24.0 Å². The van der Waals surface area contributed by atoms with Gasteiger partial charge < -0.3 is 24.8 Å². The number of piperidine rings is 1. The average molecular weight is 891 g/mol. The minimum atomic E-state index is -0.609. The molecule has 8 rings (SSSR count). The number of alkyl carbamates (subject to hydrolysis) is 1. The lowest BCUT2D eigenvalue weighted by Gasteiger charge is -2.47. The van der Waals surface area contributed by atoms with Crippen molar-refractivity contribution in [2.75, 3.05) is 65.4 Å². The molecule has 4 aromatic rings. The highest BCUT2D eigenvalue weighted by molar-refractivity contribution is 5.95. The van der Waals surface area contributed by atoms with E-state index < -0.39 is 23.9 Å². The number of carbonyl (C=O) groups is 4. The van der Waals surface area contributed by atoms with Crippen molar-refractivity contribution in [3.05, 3.63) is 111 Å². The monoisotopic (exact) mass is 890 g/mol. The summed E-state index contributed by atoms with van der Waals surface area (Å²) in [4.78, 5) is 76.8. The first-order valence-electron chi connectivity index (χ1n) is 23.6. The number of aromatic amines is 1. The molecular weight excluding hydrogens is 828 g/mol. The zero-order valence-electron chi connectivity index (χ0n) is 37.8. The second-order valence-electron chi connectivity index (χ2n) is 18.7. The Morgan fingerprint density at radius 3 is 2.15 bits per heavy atom. The maximum absolute atomic E-state index is 15.1. The topological polar surface area (TPSA) is 151 Å². The normalized spacial score (nSPS) is 21.0. The predicted octanol–water partition coefficient (Wildman–Crippen LogP) is 5.45. The van der Waals surface area contributed by atoms with E-state index in [1.54, 1.807) is 34.1 Å². The standard InChI is InChI=1S/C50H63FN8O6/c1-34-29-56(30-35(2)59(34)49(63)46(39-13-7-4-8-14-39)52-50(64)65-33-37-11-5-3-6-12-37)31-36-19-21-55(22-20-36)32-45(60)57-23-25-58(26-24-57)48(62)42-27-38(17-18-43(42)51)28-44-40-15-9-10-16-41(40)47(61)54-53-44/h3,5-6,9-12,15-18,27,34-36,39,46H,4,7-8,13-14,19-26,28-33H2,1-2H3,(H,52,64)(H,54,61)/t34-,35+,46-/m1/s1. The van der Waals surface area contributed by atoms with E-state index in [1.165, 1.54) is 6.07 Å². The van der Waals surface area contributed by atoms with Gasteiger partial charge in [0, 0.05) is 69.7 Å². The number of likely N-dealkylation sites (tertiary alicyclic amines) is 1. The van der Waals surface area contributed by atoms with Gasteiger partial charge in [-0.1, -0.05) is 73.9 Å². The lowest BCUT2D eigenvalue weighted by molar-refractivity contribution is -0.143. The molecule has 0 radical (unpaired) electrons. The molecular formula is C50H63FN8O6. The van der Waals surface area contributed by atoms with Crippen LogP contribution in [0.5, 0.6) is 0 Å². The smallest absolute Gasteiger partial charge is 0.408 e. The number of carbonyl (C=O) groups excluding carboxylic acids is 4. The Morgan fingerprint density at radius 2 is 1.45 bits per heavy atom. The molecule has 346 valence electrons. The molecule has 3 atom stereocenters. The number of amides is 4. The van der Waals surface area contributed by atoms with Gasteiger partial charge in [0.1, 0.15) is 18.5 Å². The van der Waals surface area contributed by atoms with E-state index >= 15 is 4.39 Å². The van der Waals surface area contributed by atoms with Crippen LogP contribution in [0.1, 0.15) is 86.0 Å². The third-order valence-electron chi connectivity index (χ3n) is 14.0. The van der Waals surface area contributed by atoms with Crippen LogP contribution in [0, 0.1) is 17.7 Å². The number of hydrogen-bond donors (Lipinski definition) is 2. The summed E-state index contributed by atoms with van der Waals surface area (Å²) < 4.78 is 20.7. The maximum Gasteiger partial charge on any atom is 0.408 e. The summed E-state index contributed by atoms with van der Waals surface area (Å²) in [5, 5.41) is 11.0. The molecule has 15 heteroatoms. The molecule has 14 nitrogen and oxygen atoms in total. The van der Waals surface area contributed by atoms with Crippen molar-refractivity contribution in [3.8, 4) is 0 Å². The zero-order chi connectivity index (χ0) is 45.5. The second-order valence-corrected chi connectivity index (χ2v) is 18.7. The minimum Gasteiger partial charge on any atom is -0.445 e. The Morgan fingerprint density at radius 1 is 0.785 bits per heavy atom. The zero-order valence-corrected chi connectivity index (χ0v) is 37.8. The van der Waals surface area contributed by atoms with Gasteiger partial charge in [-0.15, -0.1) is 0 Å². The molecule has 1 saturated carbocycles. The van der Waals surface area contributed by atoms with Crippen LogP contribution in [0.3, 0.4) is 0 Å². The van der Waals surface area contributed by atoms with Crippen molar-refractivity contribution >= 4 is 34.6 Å². The number of aromatic nitrogens is 2. The molecule has 3 aromatic carbocycles. The number of halogens is 1. The molecule has 1 aromatic heterocycles. The SMILES string of the molecule is C[C@@H]1CN(CC2CCN(CC(=O)N3CCN(C(=O)c4cc(Cc5n[nH]c(=O)c6ccccc56)ccc4F)CC3)CC2)C[C@H](C)N1C(=O)[C@H](NC(=O)OCc1ccccc1)C1CCCCC1. The highest BCUT2D eigenvalue weighted by Crippen LogP contribution is 2.30. The molecule has 0 spiro atoms. The highest BCUT2D eigenvalue weighted by Gasteiger charge is 2.41. The number of benzene rings is 3. The third-order valence-corrected chi connectivity index (χ3v) is 14.0. The lowest BCUT2D eigenvalue weighted by atomic mass is 9.83. The van der Waals surface area contributed by atoms with Gasteiger partial charge in [0.25, 0.3) is 11.5 Å². The number of fused-ring (bicyclic) bond motifs is 1. The summed E-state index contributed by atoms with van der Waals surface area (Å²) in [6.07, 6.45) is 6.82. The summed E-state index contributed by atoms with van der Waals surface area (Å²) >= 11 is 0. The van der Waals surface area contributed by atoms with Crippen molar-refractivity contribution in [3.63, 3.8) is 0 Å². The van der Waals surface area contributed by atoms with E-state index in [2.05, 4.69) is 39.2 Å². The largest absolute Gasteiger partial charge is 0.445 e. The van der Waals surface area contributed by atoms with Crippen molar-refractivity contribution in [2.45, 2.75) is 89.9 Å². The fraction of sp³-hybridized carbons (Fsp3) is 0.520. The van der Waals surface area contributed by atoms with Crippen molar-refractivity contribution in [2.24, 2.45) is 11.8 Å². The molecule has 65 heavy (non-hydrogen) atoms. The van der Waals surface area contributed by atoms with Crippen LogP contribution in [0.15, 0.2) is 77.6 Å². The van der Waals surface area contributed by atoms with Crippen LogP contribution in [-0.4, -0.2) is 142 Å². The average Bonchev–Trinajstić information content (AvgIpc) is 3.32. The Hall–Kier alpha value is -5.67. The molecule has 4 amide bonds. The van der Waals surface area contributed by atoms with Crippen molar-refractivity contribution in [1.29, 1.82) is 0 Å². The third kappa shape index (κ3) is 11.2. The Labute approximate surface area is 380 Å². The summed E-state index contributed by atoms with van der Waals surface area (Å²) in [6.45, 7) is 10.2. The fourth-order valence-electron chi connectivity index (χ4n) is 10.6. The summed E-state index contributed by atoms with van der Waals surface area (Å²) in [6, 6.07) is 20.6. The van der Waals surface area contributed by atoms with Crippen molar-refractivity contribution < 1.29 is 28.3 Å². The first kappa shape index (κ1) is 45.9. The Bertz CT molecular complexity index is 2350. The van der Waals surface area contributed by atoms with Gasteiger partial charge in [0.2, 0.25) is 11.8 Å². The molecule has 2 N–H and O–H groups in total. The van der Waals surface area contributed by atoms with Crippen LogP contribution in [0.4, 0.5) is 9.18 Å². The lowest BCUT2D eigenvalue weighted by Crippen LogP contribution is -2.64. The maximum atomic E-state index is 15.1. The summed E-state index contributed by atoms with van der Waals surface area (Å²) in [5.41, 5.74) is 1.92. The van der Waals surface area contributed by atoms with Gasteiger partial charge in [-0.3, -0.25) is 29.0 Å². The van der Waals surface area contributed by atoms with E-state index in [0.717, 1.165) is 83.2 Å². The van der Waals surface area contributed by atoms with E-state index in [1.807, 2.05) is 47.4 Å². The Kier molecular flexibility index (Phi) is 14.9. The molecule has 1 aliphatic carbocycles. The molecule has 0 bridgehead atoms. The van der Waals surface area contributed by atoms with Gasteiger partial charge in [0.15, 0.2) is 0 Å². The van der Waals surface area contributed by atoms with Crippen LogP contribution in [0.25, 0.3) is 10.8 Å². The number of ether oxygens (including phenoxy) is 1. The van der Waals surface area contributed by atoms with Crippen LogP contribution in [0.2, 0.25) is 0 Å². The van der Waals surface area contributed by atoms with E-state index in [-0.39, 0.29) is 47.5 Å². The number of hydrogen-bond acceptors (Lipinski definition) is 9. The van der Waals surface area contributed by atoms with Gasteiger partial charge in [-0.2, -0.15) is 5.10 Å². The summed E-state index contributed by atoms with van der Waals surface area (Å²) in [5.74, 6) is -0.408. The highest BCUT2D eigenvalue weighted by atomic mass is 19.1. The molecule has 4 heterocycles. The quantitative estimate of drug-likeness (QED) is 0.190. The number of rotatable bonds is 12. The predicted molar refractivity (Wildman–Crippen MR) is 246 cm³/mol. The van der Waals surface area contributed by atoms with E-state index in [0.29, 0.717) is 67.1 Å². The number of nitrogens with zero attached hydrogens (tertiary/aromatic N) is 6. The van der Waals surface area contributed by atoms with Crippen LogP contribution < -0.4 is 10.9 Å². The first-order chi connectivity index (χ1) is 31.5. The van der Waals surface area contributed by atoms with Gasteiger partial charge >= 0.3 is 6.09 Å². The molecule has 4 aliphatic rings. The molecule has 4 fully saturated rings. The number of piperazine rings is 2. The molecule has 3 saturated heterocycles. The summed E-state index contributed by atoms with van der Waals surface area (Å²) in [7, 11) is 0. The molecule has 0 unspecified atom stereocenters. The first-order valence-corrected chi connectivity index (χ1v) is 23.6.